The Morgan fingerprint density at radius 2 is 0.893 bits per heavy atom. The molecule has 0 N–H and O–H groups in total. The number of hydrogen-bond acceptors (Lipinski definition) is 6. The molecule has 4 rings (SSSR count). The van der Waals surface area contributed by atoms with E-state index in [1.807, 2.05) is 90.1 Å². The van der Waals surface area contributed by atoms with Gasteiger partial charge < -0.3 is 0 Å². The normalized spacial score (nSPS) is 12.6. The molecule has 0 amide bonds. The van der Waals surface area contributed by atoms with Crippen LogP contribution in [0.1, 0.15) is 111 Å². The molecule has 0 heterocycles. The number of benzene rings is 4. The fourth-order valence-electron chi connectivity index (χ4n) is 6.54. The van der Waals surface area contributed by atoms with Crippen LogP contribution >= 0.6 is 0 Å². The van der Waals surface area contributed by atoms with E-state index in [-0.39, 0.29) is 28.4 Å². The van der Waals surface area contributed by atoms with Crippen molar-refractivity contribution in [1.29, 1.82) is 0 Å². The van der Waals surface area contributed by atoms with Gasteiger partial charge in [-0.1, -0.05) is 119 Å². The second-order valence-electron chi connectivity index (χ2n) is 17.7. The summed E-state index contributed by atoms with van der Waals surface area (Å²) >= 11 is 0. The fourth-order valence-corrected chi connectivity index (χ4v) is 14.1. The maximum Gasteiger partial charge on any atom is 0.297 e. The Hall–Kier alpha value is -4.14. The summed E-state index contributed by atoms with van der Waals surface area (Å²) in [6.45, 7) is 25.1. The molecule has 0 fully saturated rings. The Morgan fingerprint density at radius 3 is 1.30 bits per heavy atom. The molecule has 0 spiro atoms. The van der Waals surface area contributed by atoms with Crippen molar-refractivity contribution < 1.29 is 25.2 Å². The minimum absolute atomic E-state index is 0.0101. The first-order chi connectivity index (χ1) is 25.9. The summed E-state index contributed by atoms with van der Waals surface area (Å²) in [6.07, 6.45) is 0. The molecule has 0 saturated carbocycles. The quantitative estimate of drug-likeness (QED) is 0.0951. The van der Waals surface area contributed by atoms with Crippen LogP contribution in [0, 0.1) is 46.0 Å². The van der Waals surface area contributed by atoms with E-state index >= 15 is 0 Å². The topological polar surface area (TPSA) is 86.7 Å². The third-order valence-corrected chi connectivity index (χ3v) is 18.3. The van der Waals surface area contributed by atoms with Crippen LogP contribution in [-0.4, -0.2) is 38.1 Å². The largest absolute Gasteiger partial charge is 0.297 e. The van der Waals surface area contributed by atoms with Crippen molar-refractivity contribution in [2.45, 2.75) is 109 Å². The predicted molar refractivity (Wildman–Crippen MR) is 232 cm³/mol. The summed E-state index contributed by atoms with van der Waals surface area (Å²) < 4.78 is 63.6. The predicted octanol–water partition coefficient (Wildman–Crippen LogP) is 10.7. The van der Waals surface area contributed by atoms with Gasteiger partial charge >= 0.3 is 0 Å². The highest BCUT2D eigenvalue weighted by atomic mass is 32.2. The summed E-state index contributed by atoms with van der Waals surface area (Å²) in [6, 6.07) is 22.9. The molecule has 0 unspecified atom stereocenters. The highest BCUT2D eigenvalue weighted by Crippen LogP contribution is 2.41. The second-order valence-corrected chi connectivity index (χ2v) is 26.5. The molecule has 0 radical (unpaired) electrons. The molecule has 0 bridgehead atoms. The highest BCUT2D eigenvalue weighted by Gasteiger charge is 2.41. The first kappa shape index (κ1) is 44.6. The molecule has 56 heavy (non-hydrogen) atoms. The van der Waals surface area contributed by atoms with Crippen LogP contribution in [0.5, 0.6) is 0 Å². The van der Waals surface area contributed by atoms with E-state index in [0.717, 1.165) is 16.7 Å². The van der Waals surface area contributed by atoms with Gasteiger partial charge in [-0.15, -0.1) is 5.54 Å². The Kier molecular flexibility index (Phi) is 14.0. The van der Waals surface area contributed by atoms with Gasteiger partial charge in [0.2, 0.25) is 0 Å². The zero-order valence-corrected chi connectivity index (χ0v) is 37.6. The summed E-state index contributed by atoms with van der Waals surface area (Å²) in [4.78, 5) is -0.201. The van der Waals surface area contributed by atoms with Crippen molar-refractivity contribution in [2.24, 2.45) is 10.8 Å². The van der Waals surface area contributed by atoms with Gasteiger partial charge in [0.25, 0.3) is 20.2 Å². The van der Waals surface area contributed by atoms with E-state index in [4.69, 9.17) is 8.37 Å². The molecular formula is C47H56O6S2Si. The van der Waals surface area contributed by atoms with E-state index in [1.165, 1.54) is 24.3 Å². The van der Waals surface area contributed by atoms with Crippen LogP contribution < -0.4 is 0 Å². The SMILES string of the molecule is CC(C)[Si](C#Cc1ccc(C#Cc2ccc(C#Cc3cc(S(=O)(=O)OCC(C)(C)C)cc4cc(S(=O)(=O)OCC(C)(C)C)ccc34)cc2)cc1)(C(C)C)C(C)C. The summed E-state index contributed by atoms with van der Waals surface area (Å²) in [5.74, 6) is 16.2. The van der Waals surface area contributed by atoms with Gasteiger partial charge in [-0.05, 0) is 111 Å². The maximum absolute atomic E-state index is 13.4. The van der Waals surface area contributed by atoms with Crippen LogP contribution in [0.15, 0.2) is 88.7 Å². The molecule has 6 nitrogen and oxygen atoms in total. The van der Waals surface area contributed by atoms with Crippen LogP contribution in [0.25, 0.3) is 10.8 Å². The minimum Gasteiger partial charge on any atom is -0.266 e. The zero-order valence-electron chi connectivity index (χ0n) is 34.9. The third kappa shape index (κ3) is 11.7. The molecule has 4 aromatic rings. The van der Waals surface area contributed by atoms with E-state index < -0.39 is 33.7 Å². The Balaban J connectivity index is 1.63. The van der Waals surface area contributed by atoms with Crippen LogP contribution in [0.4, 0.5) is 0 Å². The van der Waals surface area contributed by atoms with Gasteiger partial charge in [-0.2, -0.15) is 16.8 Å². The van der Waals surface area contributed by atoms with Gasteiger partial charge in [-0.25, -0.2) is 0 Å². The number of hydrogen-bond donors (Lipinski definition) is 0. The Bertz CT molecular complexity index is 2420. The lowest BCUT2D eigenvalue weighted by Gasteiger charge is -2.38. The lowest BCUT2D eigenvalue weighted by Crippen LogP contribution is -2.43. The minimum atomic E-state index is -4.19. The van der Waals surface area contributed by atoms with Crippen molar-refractivity contribution in [3.63, 3.8) is 0 Å². The molecular weight excluding hydrogens is 753 g/mol. The van der Waals surface area contributed by atoms with Crippen molar-refractivity contribution >= 4 is 39.1 Å². The standard InChI is InChI=1S/C47H56O6S2Si/c1-34(2)56(35(3)4,36(5)6)28-27-40-21-19-38(20-22-40)14-13-37-15-17-39(18-16-37)23-24-41-29-44(55(50,51)53-33-47(10,11)12)31-42-30-43(25-26-45(41)42)54(48,49)52-32-46(7,8)9/h15-22,25-26,29-31,34-36H,32-33H2,1-12H3. The molecule has 4 aromatic carbocycles. The van der Waals surface area contributed by atoms with Crippen molar-refractivity contribution in [2.75, 3.05) is 13.2 Å². The van der Waals surface area contributed by atoms with Crippen molar-refractivity contribution in [3.8, 4) is 35.1 Å². The van der Waals surface area contributed by atoms with E-state index in [1.54, 1.807) is 6.07 Å². The Morgan fingerprint density at radius 1 is 0.518 bits per heavy atom. The first-order valence-corrected chi connectivity index (χ1v) is 24.1. The summed E-state index contributed by atoms with van der Waals surface area (Å²) in [7, 11) is -10.1. The molecule has 0 saturated heterocycles. The van der Waals surface area contributed by atoms with Gasteiger partial charge in [-0.3, -0.25) is 8.37 Å². The van der Waals surface area contributed by atoms with Crippen molar-refractivity contribution in [3.05, 3.63) is 107 Å². The fraction of sp³-hybridized carbons (Fsp3) is 0.404. The van der Waals surface area contributed by atoms with Gasteiger partial charge in [0.05, 0.1) is 23.0 Å². The smallest absolute Gasteiger partial charge is 0.266 e. The van der Waals surface area contributed by atoms with Crippen LogP contribution in [-0.2, 0) is 28.6 Å². The summed E-state index contributed by atoms with van der Waals surface area (Å²) in [5, 5.41) is 0.959. The molecule has 0 aromatic heterocycles. The van der Waals surface area contributed by atoms with Gasteiger partial charge in [0.1, 0.15) is 8.07 Å². The molecule has 0 aliphatic rings. The van der Waals surface area contributed by atoms with E-state index in [9.17, 15) is 16.8 Å². The molecule has 296 valence electrons. The first-order valence-electron chi connectivity index (χ1n) is 19.1. The van der Waals surface area contributed by atoms with Crippen LogP contribution in [0.3, 0.4) is 0 Å². The number of fused-ring (bicyclic) bond motifs is 1. The molecule has 0 aliphatic carbocycles. The van der Waals surface area contributed by atoms with E-state index in [2.05, 4.69) is 76.7 Å². The van der Waals surface area contributed by atoms with Crippen molar-refractivity contribution in [1.82, 2.24) is 0 Å². The number of rotatable bonds is 9. The molecule has 0 atom stereocenters. The average molecular weight is 809 g/mol. The highest BCUT2D eigenvalue weighted by molar-refractivity contribution is 7.87. The lowest BCUT2D eigenvalue weighted by atomic mass is 9.99. The van der Waals surface area contributed by atoms with Crippen LogP contribution in [0.2, 0.25) is 16.6 Å². The summed E-state index contributed by atoms with van der Waals surface area (Å²) in [5.41, 5.74) is 8.53. The molecule has 9 heteroatoms. The van der Waals surface area contributed by atoms with Gasteiger partial charge in [0, 0.05) is 27.8 Å². The zero-order chi connectivity index (χ0) is 41.7. The monoisotopic (exact) mass is 808 g/mol. The lowest BCUT2D eigenvalue weighted by molar-refractivity contribution is 0.203. The maximum atomic E-state index is 13.4. The average Bonchev–Trinajstić information content (AvgIpc) is 3.11. The molecule has 0 aliphatic heterocycles. The van der Waals surface area contributed by atoms with E-state index in [0.29, 0.717) is 38.5 Å². The third-order valence-electron chi connectivity index (χ3n) is 9.52. The second kappa shape index (κ2) is 17.6. The Labute approximate surface area is 338 Å². The van der Waals surface area contributed by atoms with Gasteiger partial charge in [0.15, 0.2) is 0 Å².